The zero-order valence-corrected chi connectivity index (χ0v) is 15.0. The lowest BCUT2D eigenvalue weighted by molar-refractivity contribution is -0.873. The Kier molecular flexibility index (Phi) is 8.38. The third-order valence-corrected chi connectivity index (χ3v) is 2.90. The van der Waals surface area contributed by atoms with E-state index in [1.54, 1.807) is 0 Å². The second-order valence-electron chi connectivity index (χ2n) is 6.61. The van der Waals surface area contributed by atoms with Crippen LogP contribution in [0.4, 0.5) is 0 Å². The summed E-state index contributed by atoms with van der Waals surface area (Å²) in [6, 6.07) is -1.39. The average molecular weight is 347 g/mol. The quantitative estimate of drug-likeness (QED) is 0.428. The first-order valence-electron chi connectivity index (χ1n) is 7.49. The molecule has 0 aromatic heterocycles. The molecular weight excluding hydrogens is 320 g/mol. The topological polar surface area (TPSA) is 119 Å². The average Bonchev–Trinajstić information content (AvgIpc) is 2.31. The Labute approximate surface area is 141 Å². The number of carbonyl (C=O) groups is 4. The van der Waals surface area contributed by atoms with Gasteiger partial charge in [-0.2, -0.15) is 0 Å². The van der Waals surface area contributed by atoms with Crippen LogP contribution in [0.15, 0.2) is 0 Å². The first kappa shape index (κ1) is 21.8. The number of rotatable bonds is 9. The second kappa shape index (κ2) is 9.21. The number of amides is 1. The zero-order chi connectivity index (χ0) is 19.1. The molecule has 0 aliphatic carbocycles. The van der Waals surface area contributed by atoms with Crippen molar-refractivity contribution in [2.24, 2.45) is 0 Å². The van der Waals surface area contributed by atoms with Gasteiger partial charge in [0.1, 0.15) is 12.6 Å². The predicted molar refractivity (Wildman–Crippen MR) is 83.9 cm³/mol. The molecule has 3 unspecified atom stereocenters. The molecule has 0 aromatic rings. The number of aliphatic carboxylic acids is 1. The summed E-state index contributed by atoms with van der Waals surface area (Å²) in [6.07, 6.45) is -1.92. The minimum atomic E-state index is -1.39. The summed E-state index contributed by atoms with van der Waals surface area (Å²) in [4.78, 5) is 45.5. The van der Waals surface area contributed by atoms with Crippen LogP contribution in [-0.4, -0.2) is 79.3 Å². The molecule has 0 radical (unpaired) electrons. The van der Waals surface area contributed by atoms with E-state index < -0.39 is 42.1 Å². The van der Waals surface area contributed by atoms with Gasteiger partial charge in [-0.15, -0.1) is 0 Å². The van der Waals surface area contributed by atoms with E-state index in [0.717, 1.165) is 6.92 Å². The molecule has 9 heteroatoms. The van der Waals surface area contributed by atoms with E-state index in [9.17, 15) is 24.3 Å². The third kappa shape index (κ3) is 9.78. The van der Waals surface area contributed by atoms with Crippen LogP contribution in [0, 0.1) is 0 Å². The molecule has 0 saturated heterocycles. The number of hydrogen-bond acceptors (Lipinski definition) is 6. The molecule has 1 amide bonds. The number of carbonyl (C=O) groups excluding carboxylic acids is 3. The number of nitrogens with one attached hydrogen (secondary N) is 1. The van der Waals surface area contributed by atoms with Crippen molar-refractivity contribution in [1.82, 2.24) is 5.32 Å². The summed E-state index contributed by atoms with van der Waals surface area (Å²) in [5, 5.41) is 11.5. The molecule has 0 fully saturated rings. The highest BCUT2D eigenvalue weighted by Crippen LogP contribution is 2.07. The van der Waals surface area contributed by atoms with Crippen molar-refractivity contribution in [2.75, 3.05) is 27.7 Å². The Balaban J connectivity index is 4.91. The molecule has 0 saturated carbocycles. The first-order valence-corrected chi connectivity index (χ1v) is 7.49. The van der Waals surface area contributed by atoms with Crippen LogP contribution in [0.25, 0.3) is 0 Å². The van der Waals surface area contributed by atoms with E-state index in [2.05, 4.69) is 5.32 Å². The van der Waals surface area contributed by atoms with Crippen molar-refractivity contribution < 1.29 is 38.2 Å². The van der Waals surface area contributed by atoms with Crippen molar-refractivity contribution in [3.63, 3.8) is 0 Å². The van der Waals surface area contributed by atoms with Gasteiger partial charge in [-0.05, 0) is 6.92 Å². The summed E-state index contributed by atoms with van der Waals surface area (Å²) in [5.41, 5.74) is 0. The van der Waals surface area contributed by atoms with Crippen LogP contribution < -0.4 is 5.32 Å². The number of nitrogens with zero attached hydrogens (tertiary/aromatic N) is 1. The highest BCUT2D eigenvalue weighted by atomic mass is 16.5. The minimum absolute atomic E-state index is 0.189. The molecule has 0 aliphatic rings. The van der Waals surface area contributed by atoms with E-state index in [1.807, 2.05) is 21.1 Å². The molecule has 0 aromatic carbocycles. The lowest BCUT2D eigenvalue weighted by Crippen LogP contribution is -2.51. The van der Waals surface area contributed by atoms with E-state index in [1.165, 1.54) is 13.8 Å². The molecule has 138 valence electrons. The van der Waals surface area contributed by atoms with Crippen molar-refractivity contribution in [1.29, 1.82) is 0 Å². The van der Waals surface area contributed by atoms with Crippen molar-refractivity contribution in [3.05, 3.63) is 0 Å². The van der Waals surface area contributed by atoms with Gasteiger partial charge in [0.15, 0.2) is 12.1 Å². The van der Waals surface area contributed by atoms with Crippen molar-refractivity contribution in [3.8, 4) is 0 Å². The van der Waals surface area contributed by atoms with Crippen molar-refractivity contribution >= 4 is 23.8 Å². The number of carboxylic acid groups (broad SMARTS) is 1. The normalized spacial score (nSPS) is 14.9. The van der Waals surface area contributed by atoms with Crippen LogP contribution in [0.5, 0.6) is 0 Å². The molecule has 2 N–H and O–H groups in total. The molecular formula is C15H27N2O7+. The smallest absolute Gasteiger partial charge is 0.330 e. The summed E-state index contributed by atoms with van der Waals surface area (Å²) in [5.74, 6) is -3.11. The molecule has 0 rings (SSSR count). The molecule has 0 heterocycles. The number of quaternary nitrogens is 1. The molecule has 0 spiro atoms. The van der Waals surface area contributed by atoms with Crippen LogP contribution >= 0.6 is 0 Å². The number of esters is 2. The van der Waals surface area contributed by atoms with Crippen LogP contribution in [0.2, 0.25) is 0 Å². The fourth-order valence-electron chi connectivity index (χ4n) is 2.14. The Bertz CT molecular complexity index is 485. The minimum Gasteiger partial charge on any atom is -0.480 e. The summed E-state index contributed by atoms with van der Waals surface area (Å²) < 4.78 is 10.4. The summed E-state index contributed by atoms with van der Waals surface area (Å²) in [6.45, 7) is 4.14. The SMILES string of the molecule is CC(=O)OC(CC(=O)NC(C(=O)O)C(C)OC(C)=O)C[N+](C)(C)C. The lowest BCUT2D eigenvalue weighted by atomic mass is 10.1. The molecule has 24 heavy (non-hydrogen) atoms. The molecule has 9 nitrogen and oxygen atoms in total. The van der Waals surface area contributed by atoms with Gasteiger partial charge < -0.3 is 24.4 Å². The molecule has 3 atom stereocenters. The van der Waals surface area contributed by atoms with E-state index >= 15 is 0 Å². The Hall–Kier alpha value is -2.16. The lowest BCUT2D eigenvalue weighted by Gasteiger charge is -2.29. The predicted octanol–water partition coefficient (Wildman–Crippen LogP) is -0.465. The Morgan fingerprint density at radius 1 is 1.04 bits per heavy atom. The number of likely N-dealkylation sites (N-methyl/N-ethyl adjacent to an activating group) is 1. The fraction of sp³-hybridized carbons (Fsp3) is 0.733. The van der Waals surface area contributed by atoms with Gasteiger partial charge in [0.25, 0.3) is 0 Å². The van der Waals surface area contributed by atoms with E-state index in [4.69, 9.17) is 9.47 Å². The number of hydrogen-bond donors (Lipinski definition) is 2. The standard InChI is InChI=1S/C15H26N2O7/c1-9(23-10(2)18)14(15(21)22)16-13(20)7-12(24-11(3)19)8-17(4,5)6/h9,12,14H,7-8H2,1-6H3,(H-,16,20,21,22)/p+1. The maximum absolute atomic E-state index is 12.1. The van der Waals surface area contributed by atoms with E-state index in [-0.39, 0.29) is 6.42 Å². The van der Waals surface area contributed by atoms with Crippen molar-refractivity contribution in [2.45, 2.75) is 45.4 Å². The highest BCUT2D eigenvalue weighted by molar-refractivity contribution is 5.84. The second-order valence-corrected chi connectivity index (χ2v) is 6.61. The molecule has 0 bridgehead atoms. The van der Waals surface area contributed by atoms with Gasteiger partial charge in [0.2, 0.25) is 5.91 Å². The summed E-state index contributed by atoms with van der Waals surface area (Å²) in [7, 11) is 5.62. The van der Waals surface area contributed by atoms with Gasteiger partial charge in [-0.1, -0.05) is 0 Å². The third-order valence-electron chi connectivity index (χ3n) is 2.90. The Morgan fingerprint density at radius 2 is 1.54 bits per heavy atom. The van der Waals surface area contributed by atoms with Gasteiger partial charge in [-0.25, -0.2) is 4.79 Å². The largest absolute Gasteiger partial charge is 0.480 e. The number of carboxylic acids is 1. The van der Waals surface area contributed by atoms with Crippen LogP contribution in [-0.2, 0) is 28.7 Å². The maximum atomic E-state index is 12.1. The van der Waals surface area contributed by atoms with Gasteiger partial charge in [-0.3, -0.25) is 14.4 Å². The monoisotopic (exact) mass is 347 g/mol. The van der Waals surface area contributed by atoms with Gasteiger partial charge in [0, 0.05) is 13.8 Å². The highest BCUT2D eigenvalue weighted by Gasteiger charge is 2.31. The Morgan fingerprint density at radius 3 is 1.92 bits per heavy atom. The van der Waals surface area contributed by atoms with Crippen LogP contribution in [0.3, 0.4) is 0 Å². The van der Waals surface area contributed by atoms with E-state index in [0.29, 0.717) is 11.0 Å². The number of ether oxygens (including phenoxy) is 2. The van der Waals surface area contributed by atoms with Crippen LogP contribution in [0.1, 0.15) is 27.2 Å². The molecule has 0 aliphatic heterocycles. The summed E-state index contributed by atoms with van der Waals surface area (Å²) >= 11 is 0. The zero-order valence-electron chi connectivity index (χ0n) is 15.0. The van der Waals surface area contributed by atoms with Gasteiger partial charge >= 0.3 is 17.9 Å². The maximum Gasteiger partial charge on any atom is 0.330 e. The van der Waals surface area contributed by atoms with Gasteiger partial charge in [0.05, 0.1) is 27.6 Å². The fourth-order valence-corrected chi connectivity index (χ4v) is 2.14. The first-order chi connectivity index (χ1) is 10.8.